The standard InChI is InChI=1S/C38H48N6O4/c1-37(2,3)47-35(45)43-21-9-11-31(43)33-39-29(23-41(33)7)27-17-13-25(14-18-27)26-15-19-28(20-16-26)30-24-42(8)34(40-30)32-12-10-22-44(32)36(46)48-38(4,5)6/h13-20,23-24,31-32H,9-12,21-22H2,1-8H3/t31-,32-/m0/s1. The number of benzene rings is 2. The Bertz CT molecular complexity index is 1640. The number of carbonyl (C=O) groups excluding carboxylic acids is 2. The van der Waals surface area contributed by atoms with E-state index in [1.165, 1.54) is 0 Å². The van der Waals surface area contributed by atoms with E-state index < -0.39 is 11.2 Å². The van der Waals surface area contributed by atoms with E-state index in [1.807, 2.05) is 87.0 Å². The number of aromatic nitrogens is 4. The van der Waals surface area contributed by atoms with Crippen LogP contribution in [0.3, 0.4) is 0 Å². The Morgan fingerprint density at radius 3 is 1.27 bits per heavy atom. The zero-order valence-corrected chi connectivity index (χ0v) is 29.5. The lowest BCUT2D eigenvalue weighted by atomic mass is 10.0. The van der Waals surface area contributed by atoms with Gasteiger partial charge >= 0.3 is 12.2 Å². The fourth-order valence-electron chi connectivity index (χ4n) is 6.67. The van der Waals surface area contributed by atoms with Crippen LogP contribution in [0.5, 0.6) is 0 Å². The van der Waals surface area contributed by atoms with Gasteiger partial charge in [-0.05, 0) is 78.4 Å². The van der Waals surface area contributed by atoms with E-state index in [4.69, 9.17) is 19.4 Å². The molecule has 0 bridgehead atoms. The van der Waals surface area contributed by atoms with Crippen LogP contribution in [-0.2, 0) is 23.6 Å². The minimum Gasteiger partial charge on any atom is -0.444 e. The van der Waals surface area contributed by atoms with Crippen LogP contribution < -0.4 is 0 Å². The van der Waals surface area contributed by atoms with Crippen LogP contribution in [0, 0.1) is 0 Å². The van der Waals surface area contributed by atoms with E-state index in [0.717, 1.165) is 71.0 Å². The van der Waals surface area contributed by atoms with E-state index >= 15 is 0 Å². The first kappa shape index (κ1) is 33.3. The lowest BCUT2D eigenvalue weighted by Crippen LogP contribution is -2.37. The van der Waals surface area contributed by atoms with Crippen molar-refractivity contribution in [3.05, 3.63) is 72.6 Å². The minimum atomic E-state index is -0.539. The van der Waals surface area contributed by atoms with Gasteiger partial charge in [0, 0.05) is 50.7 Å². The second-order valence-corrected chi connectivity index (χ2v) is 15.0. The van der Waals surface area contributed by atoms with Crippen LogP contribution in [-0.4, -0.2) is 65.4 Å². The monoisotopic (exact) mass is 652 g/mol. The molecule has 2 aromatic heterocycles. The molecule has 0 N–H and O–H groups in total. The molecule has 0 aliphatic carbocycles. The third-order valence-corrected chi connectivity index (χ3v) is 8.88. The molecule has 6 rings (SSSR count). The highest BCUT2D eigenvalue weighted by Crippen LogP contribution is 2.36. The van der Waals surface area contributed by atoms with Crippen molar-refractivity contribution in [2.75, 3.05) is 13.1 Å². The van der Waals surface area contributed by atoms with Crippen molar-refractivity contribution >= 4 is 12.2 Å². The molecule has 2 aliphatic rings. The van der Waals surface area contributed by atoms with Gasteiger partial charge in [-0.15, -0.1) is 0 Å². The molecule has 0 spiro atoms. The van der Waals surface area contributed by atoms with Crippen molar-refractivity contribution < 1.29 is 19.1 Å². The van der Waals surface area contributed by atoms with E-state index in [9.17, 15) is 9.59 Å². The normalized spacial score (nSPS) is 18.4. The van der Waals surface area contributed by atoms with Gasteiger partial charge in [0.25, 0.3) is 0 Å². The number of amides is 2. The average Bonchev–Trinajstić information content (AvgIpc) is 3.82. The summed E-state index contributed by atoms with van der Waals surface area (Å²) in [5, 5.41) is 0. The number of nitrogens with zero attached hydrogens (tertiary/aromatic N) is 6. The molecule has 4 aromatic rings. The van der Waals surface area contributed by atoms with Crippen molar-refractivity contribution in [1.82, 2.24) is 28.9 Å². The highest BCUT2D eigenvalue weighted by Gasteiger charge is 2.37. The Morgan fingerprint density at radius 2 is 0.938 bits per heavy atom. The molecule has 48 heavy (non-hydrogen) atoms. The predicted octanol–water partition coefficient (Wildman–Crippen LogP) is 8.30. The molecule has 2 fully saturated rings. The number of ether oxygens (including phenoxy) is 2. The van der Waals surface area contributed by atoms with Gasteiger partial charge in [0.15, 0.2) is 0 Å². The van der Waals surface area contributed by atoms with Crippen molar-refractivity contribution in [3.8, 4) is 33.6 Å². The smallest absolute Gasteiger partial charge is 0.410 e. The first-order valence-corrected chi connectivity index (χ1v) is 16.9. The molecule has 4 heterocycles. The third-order valence-electron chi connectivity index (χ3n) is 8.88. The van der Waals surface area contributed by atoms with Crippen LogP contribution in [0.1, 0.15) is 91.0 Å². The van der Waals surface area contributed by atoms with Crippen molar-refractivity contribution in [2.24, 2.45) is 14.1 Å². The minimum absolute atomic E-state index is 0.103. The van der Waals surface area contributed by atoms with E-state index in [2.05, 4.69) is 48.5 Å². The molecular weight excluding hydrogens is 604 g/mol. The summed E-state index contributed by atoms with van der Waals surface area (Å²) in [6.45, 7) is 12.7. The Morgan fingerprint density at radius 1 is 0.604 bits per heavy atom. The average molecular weight is 653 g/mol. The van der Waals surface area contributed by atoms with Crippen molar-refractivity contribution in [2.45, 2.75) is 90.5 Å². The summed E-state index contributed by atoms with van der Waals surface area (Å²) >= 11 is 0. The summed E-state index contributed by atoms with van der Waals surface area (Å²) in [5.74, 6) is 1.74. The van der Waals surface area contributed by atoms with Gasteiger partial charge in [-0.25, -0.2) is 19.6 Å². The van der Waals surface area contributed by atoms with Gasteiger partial charge in [-0.2, -0.15) is 0 Å². The molecule has 0 radical (unpaired) electrons. The number of carbonyl (C=O) groups is 2. The molecule has 2 aromatic carbocycles. The number of aryl methyl sites for hydroxylation is 2. The fraction of sp³-hybridized carbons (Fsp3) is 0.474. The summed E-state index contributed by atoms with van der Waals surface area (Å²) in [6.07, 6.45) is 7.07. The van der Waals surface area contributed by atoms with Crippen LogP contribution in [0.4, 0.5) is 9.59 Å². The van der Waals surface area contributed by atoms with Gasteiger partial charge in [0.05, 0.1) is 23.5 Å². The summed E-state index contributed by atoms with van der Waals surface area (Å²) in [4.78, 5) is 39.4. The molecule has 0 unspecified atom stereocenters. The molecule has 0 saturated carbocycles. The van der Waals surface area contributed by atoms with Crippen molar-refractivity contribution in [1.29, 1.82) is 0 Å². The van der Waals surface area contributed by atoms with Gasteiger partial charge in [0.2, 0.25) is 0 Å². The highest BCUT2D eigenvalue weighted by molar-refractivity contribution is 5.72. The first-order valence-electron chi connectivity index (χ1n) is 16.9. The third kappa shape index (κ3) is 7.12. The largest absolute Gasteiger partial charge is 0.444 e. The quantitative estimate of drug-likeness (QED) is 0.215. The first-order chi connectivity index (χ1) is 22.7. The predicted molar refractivity (Wildman–Crippen MR) is 186 cm³/mol. The van der Waals surface area contributed by atoms with Gasteiger partial charge in [0.1, 0.15) is 22.9 Å². The SMILES string of the molecule is Cn1cc(-c2ccc(-c3ccc(-c4cn(C)c([C@@H]5CCCN5C(=O)OC(C)(C)C)n4)cc3)cc2)nc1[C@@H]1CCCN1C(=O)OC(C)(C)C. The Labute approximate surface area is 283 Å². The number of hydrogen-bond donors (Lipinski definition) is 0. The van der Waals surface area contributed by atoms with E-state index in [0.29, 0.717) is 13.1 Å². The lowest BCUT2D eigenvalue weighted by molar-refractivity contribution is 0.0206. The summed E-state index contributed by atoms with van der Waals surface area (Å²) in [7, 11) is 3.98. The molecule has 2 aliphatic heterocycles. The Kier molecular flexibility index (Phi) is 8.87. The van der Waals surface area contributed by atoms with Crippen LogP contribution >= 0.6 is 0 Å². The maximum atomic E-state index is 12.9. The molecular formula is C38H48N6O4. The van der Waals surface area contributed by atoms with Gasteiger partial charge in [-0.3, -0.25) is 9.80 Å². The van der Waals surface area contributed by atoms with E-state index in [-0.39, 0.29) is 24.3 Å². The molecule has 2 saturated heterocycles. The lowest BCUT2D eigenvalue weighted by Gasteiger charge is -2.28. The molecule has 10 heteroatoms. The van der Waals surface area contributed by atoms with Gasteiger partial charge in [-0.1, -0.05) is 48.5 Å². The summed E-state index contributed by atoms with van der Waals surface area (Å²) in [5.41, 5.74) is 4.93. The topological polar surface area (TPSA) is 94.7 Å². The molecule has 10 nitrogen and oxygen atoms in total. The summed E-state index contributed by atoms with van der Waals surface area (Å²) in [6, 6.07) is 16.6. The van der Waals surface area contributed by atoms with Gasteiger partial charge < -0.3 is 18.6 Å². The number of likely N-dealkylation sites (tertiary alicyclic amines) is 2. The van der Waals surface area contributed by atoms with Crippen molar-refractivity contribution in [3.63, 3.8) is 0 Å². The molecule has 2 atom stereocenters. The zero-order valence-electron chi connectivity index (χ0n) is 29.5. The highest BCUT2D eigenvalue weighted by atomic mass is 16.6. The maximum Gasteiger partial charge on any atom is 0.410 e. The zero-order chi connectivity index (χ0) is 34.4. The second-order valence-electron chi connectivity index (χ2n) is 15.0. The molecule has 2 amide bonds. The summed E-state index contributed by atoms with van der Waals surface area (Å²) < 4.78 is 15.4. The fourth-order valence-corrected chi connectivity index (χ4v) is 6.67. The second kappa shape index (κ2) is 12.8. The van der Waals surface area contributed by atoms with Crippen LogP contribution in [0.2, 0.25) is 0 Å². The molecule has 254 valence electrons. The Balaban J connectivity index is 1.15. The van der Waals surface area contributed by atoms with E-state index in [1.54, 1.807) is 0 Å². The Hall–Kier alpha value is -4.60. The number of imidazole rings is 2. The number of rotatable bonds is 5. The van der Waals surface area contributed by atoms with Crippen LogP contribution in [0.15, 0.2) is 60.9 Å². The maximum absolute atomic E-state index is 12.9. The van der Waals surface area contributed by atoms with Crippen LogP contribution in [0.25, 0.3) is 33.6 Å². The number of hydrogen-bond acceptors (Lipinski definition) is 6.